The molecule has 10 heteroatoms. The lowest BCUT2D eigenvalue weighted by molar-refractivity contribution is -0.143. The van der Waals surface area contributed by atoms with Crippen molar-refractivity contribution in [1.29, 1.82) is 0 Å². The molecule has 1 amide bonds. The van der Waals surface area contributed by atoms with Crippen LogP contribution in [0.1, 0.15) is 58.8 Å². The van der Waals surface area contributed by atoms with E-state index in [1.807, 2.05) is 0 Å². The molecule has 0 bridgehead atoms. The zero-order valence-electron chi connectivity index (χ0n) is 18.4. The predicted octanol–water partition coefficient (Wildman–Crippen LogP) is 5.83. The van der Waals surface area contributed by atoms with Crippen LogP contribution in [0.15, 0.2) is 42.5 Å². The third kappa shape index (κ3) is 4.60. The van der Waals surface area contributed by atoms with Crippen LogP contribution >= 0.6 is 0 Å². The van der Waals surface area contributed by atoms with Gasteiger partial charge in [-0.1, -0.05) is 30.3 Å². The number of ether oxygens (including phenoxy) is 1. The Morgan fingerprint density at radius 3 is 2.12 bits per heavy atom. The fourth-order valence-corrected chi connectivity index (χ4v) is 4.85. The van der Waals surface area contributed by atoms with Crippen LogP contribution in [0.2, 0.25) is 0 Å². The van der Waals surface area contributed by atoms with Gasteiger partial charge in [-0.2, -0.15) is 26.3 Å². The van der Waals surface area contributed by atoms with Crippen LogP contribution < -0.4 is 10.1 Å². The number of methoxy groups -OCH3 is 1. The van der Waals surface area contributed by atoms with E-state index in [0.29, 0.717) is 6.07 Å². The highest BCUT2D eigenvalue weighted by atomic mass is 19.4. The van der Waals surface area contributed by atoms with Gasteiger partial charge >= 0.3 is 12.4 Å². The van der Waals surface area contributed by atoms with E-state index in [4.69, 9.17) is 4.74 Å². The highest BCUT2D eigenvalue weighted by Gasteiger charge is 2.55. The number of halogens is 6. The van der Waals surface area contributed by atoms with E-state index in [0.717, 1.165) is 51.4 Å². The maximum atomic E-state index is 13.8. The SMILES string of the molecule is COc1cc(C(F)(F)F)cc(C(F)(F)F)c1C(=O)NC(c1ccccc1)C1(N2CCCC2)CC1. The van der Waals surface area contributed by atoms with Gasteiger partial charge in [0.15, 0.2) is 0 Å². The monoisotopic (exact) mass is 486 g/mol. The lowest BCUT2D eigenvalue weighted by atomic mass is 9.94. The molecule has 0 aromatic heterocycles. The maximum absolute atomic E-state index is 13.8. The molecule has 4 rings (SSSR count). The number of rotatable bonds is 6. The van der Waals surface area contributed by atoms with Crippen molar-refractivity contribution in [2.45, 2.75) is 49.6 Å². The van der Waals surface area contributed by atoms with Crippen LogP contribution in [0.4, 0.5) is 26.3 Å². The van der Waals surface area contributed by atoms with E-state index in [-0.39, 0.29) is 6.07 Å². The number of nitrogens with one attached hydrogen (secondary N) is 1. The lowest BCUT2D eigenvalue weighted by Crippen LogP contribution is -2.47. The minimum Gasteiger partial charge on any atom is -0.496 e. The van der Waals surface area contributed by atoms with Crippen LogP contribution in [0.25, 0.3) is 0 Å². The second-order valence-corrected chi connectivity index (χ2v) is 8.71. The summed E-state index contributed by atoms with van der Waals surface area (Å²) in [4.78, 5) is 15.6. The first-order valence-corrected chi connectivity index (χ1v) is 10.9. The van der Waals surface area contributed by atoms with Crippen molar-refractivity contribution in [3.63, 3.8) is 0 Å². The molecule has 1 N–H and O–H groups in total. The van der Waals surface area contributed by atoms with Crippen molar-refractivity contribution in [2.24, 2.45) is 0 Å². The second-order valence-electron chi connectivity index (χ2n) is 8.71. The largest absolute Gasteiger partial charge is 0.496 e. The summed E-state index contributed by atoms with van der Waals surface area (Å²) in [7, 11) is 0.938. The smallest absolute Gasteiger partial charge is 0.417 e. The van der Waals surface area contributed by atoms with Crippen molar-refractivity contribution in [3.8, 4) is 5.75 Å². The van der Waals surface area contributed by atoms with Gasteiger partial charge in [-0.25, -0.2) is 0 Å². The number of benzene rings is 2. The summed E-state index contributed by atoms with van der Waals surface area (Å²) in [5.74, 6) is -1.91. The molecule has 0 radical (unpaired) electrons. The van der Waals surface area contributed by atoms with Crippen LogP contribution in [0, 0.1) is 0 Å². The Morgan fingerprint density at radius 2 is 1.62 bits per heavy atom. The molecule has 2 aromatic rings. The lowest BCUT2D eigenvalue weighted by Gasteiger charge is -2.36. The molecule has 2 fully saturated rings. The number of hydrogen-bond donors (Lipinski definition) is 1. The number of carbonyl (C=O) groups is 1. The van der Waals surface area contributed by atoms with Crippen LogP contribution in [-0.2, 0) is 12.4 Å². The number of nitrogens with zero attached hydrogens (tertiary/aromatic N) is 1. The summed E-state index contributed by atoms with van der Waals surface area (Å²) >= 11 is 0. The molecule has 1 aliphatic carbocycles. The van der Waals surface area contributed by atoms with Gasteiger partial charge in [-0.05, 0) is 56.5 Å². The molecule has 184 valence electrons. The zero-order valence-corrected chi connectivity index (χ0v) is 18.4. The average Bonchev–Trinajstić information content (AvgIpc) is 3.39. The Balaban J connectivity index is 1.78. The van der Waals surface area contributed by atoms with Crippen molar-refractivity contribution in [1.82, 2.24) is 10.2 Å². The Labute approximate surface area is 192 Å². The molecule has 1 aliphatic heterocycles. The first kappa shape index (κ1) is 24.4. The highest BCUT2D eigenvalue weighted by Crippen LogP contribution is 2.52. The summed E-state index contributed by atoms with van der Waals surface area (Å²) in [5.41, 5.74) is -3.90. The molecule has 1 saturated heterocycles. The van der Waals surface area contributed by atoms with Gasteiger partial charge in [0.25, 0.3) is 5.91 Å². The van der Waals surface area contributed by atoms with Gasteiger partial charge in [0.1, 0.15) is 5.75 Å². The molecule has 2 aliphatic rings. The Morgan fingerprint density at radius 1 is 1.00 bits per heavy atom. The van der Waals surface area contributed by atoms with Gasteiger partial charge < -0.3 is 10.1 Å². The number of alkyl halides is 6. The summed E-state index contributed by atoms with van der Waals surface area (Å²) in [6, 6.07) is 8.66. The molecular formula is C24H24F6N2O2. The van der Waals surface area contributed by atoms with Gasteiger partial charge in [0.2, 0.25) is 0 Å². The topological polar surface area (TPSA) is 41.6 Å². The fraction of sp³-hybridized carbons (Fsp3) is 0.458. The van der Waals surface area contributed by atoms with Crippen LogP contribution in [-0.4, -0.2) is 36.5 Å². The maximum Gasteiger partial charge on any atom is 0.417 e. The molecule has 34 heavy (non-hydrogen) atoms. The van der Waals surface area contributed by atoms with E-state index in [2.05, 4.69) is 10.2 Å². The van der Waals surface area contributed by atoms with Crippen molar-refractivity contribution in [2.75, 3.05) is 20.2 Å². The van der Waals surface area contributed by atoms with E-state index in [1.54, 1.807) is 30.3 Å². The van der Waals surface area contributed by atoms with Gasteiger partial charge in [0.05, 0.1) is 29.8 Å². The van der Waals surface area contributed by atoms with Crippen molar-refractivity contribution in [3.05, 3.63) is 64.7 Å². The minimum atomic E-state index is -5.20. The Bertz CT molecular complexity index is 1040. The molecule has 1 atom stereocenters. The molecule has 1 heterocycles. The second kappa shape index (κ2) is 8.79. The average molecular weight is 486 g/mol. The van der Waals surface area contributed by atoms with Gasteiger partial charge in [-0.3, -0.25) is 9.69 Å². The standard InChI is InChI=1S/C24H24F6N2O2/c1-34-18-14-16(23(25,26)27)13-17(24(28,29)30)19(18)21(33)31-20(15-7-3-2-4-8-15)22(9-10-22)32-11-5-6-12-32/h2-4,7-8,13-14,20H,5-6,9-12H2,1H3,(H,31,33). The third-order valence-electron chi connectivity index (χ3n) is 6.63. The fourth-order valence-electron chi connectivity index (χ4n) is 4.85. The minimum absolute atomic E-state index is 0.0394. The van der Waals surface area contributed by atoms with Gasteiger partial charge in [-0.15, -0.1) is 0 Å². The first-order chi connectivity index (χ1) is 16.0. The summed E-state index contributed by atoms with van der Waals surface area (Å²) in [6.07, 6.45) is -6.76. The third-order valence-corrected chi connectivity index (χ3v) is 6.63. The molecule has 2 aromatic carbocycles. The van der Waals surface area contributed by atoms with Gasteiger partial charge in [0, 0.05) is 5.54 Å². The summed E-state index contributed by atoms with van der Waals surface area (Å²) < 4.78 is 86.1. The highest BCUT2D eigenvalue weighted by molar-refractivity contribution is 5.99. The van der Waals surface area contributed by atoms with Crippen LogP contribution in [0.5, 0.6) is 5.75 Å². The molecule has 0 spiro atoms. The van der Waals surface area contributed by atoms with E-state index in [1.165, 1.54) is 0 Å². The normalized spacial score (nSPS) is 19.0. The van der Waals surface area contributed by atoms with Crippen LogP contribution in [0.3, 0.4) is 0 Å². The van der Waals surface area contributed by atoms with E-state index < -0.39 is 52.3 Å². The molecule has 1 unspecified atom stereocenters. The Hall–Kier alpha value is -2.75. The number of hydrogen-bond acceptors (Lipinski definition) is 3. The van der Waals surface area contributed by atoms with Crippen molar-refractivity contribution >= 4 is 5.91 Å². The zero-order chi connectivity index (χ0) is 24.7. The summed E-state index contributed by atoms with van der Waals surface area (Å²) in [6.45, 7) is 1.63. The number of amides is 1. The molecule has 4 nitrogen and oxygen atoms in total. The predicted molar refractivity (Wildman–Crippen MR) is 112 cm³/mol. The summed E-state index contributed by atoms with van der Waals surface area (Å²) in [5, 5.41) is 2.73. The van der Waals surface area contributed by atoms with E-state index >= 15 is 0 Å². The van der Waals surface area contributed by atoms with Crippen molar-refractivity contribution < 1.29 is 35.9 Å². The first-order valence-electron chi connectivity index (χ1n) is 10.9. The number of likely N-dealkylation sites (tertiary alicyclic amines) is 1. The molecular weight excluding hydrogens is 462 g/mol. The quantitative estimate of drug-likeness (QED) is 0.523. The van der Waals surface area contributed by atoms with E-state index in [9.17, 15) is 31.1 Å². The Kier molecular flexibility index (Phi) is 6.30. The molecule has 1 saturated carbocycles. The number of carbonyl (C=O) groups excluding carboxylic acids is 1.